The quantitative estimate of drug-likeness (QED) is 0.700. The molecule has 0 bridgehead atoms. The third kappa shape index (κ3) is 4.54. The van der Waals surface area contributed by atoms with E-state index >= 15 is 0 Å². The molecule has 7 nitrogen and oxygen atoms in total. The Hall–Kier alpha value is -1.89. The molecule has 0 unspecified atom stereocenters. The van der Waals surface area contributed by atoms with Gasteiger partial charge < -0.3 is 19.3 Å². The summed E-state index contributed by atoms with van der Waals surface area (Å²) in [5.41, 5.74) is 0.809. The molecule has 2 heterocycles. The van der Waals surface area contributed by atoms with Gasteiger partial charge in [-0.05, 0) is 20.8 Å². The van der Waals surface area contributed by atoms with Gasteiger partial charge in [-0.15, -0.1) is 0 Å². The number of nitrogens with zero attached hydrogens (tertiary/aromatic N) is 4. The SMILES string of the molecule is CCOC(=O)Cc1cnc(N2CCOCC2)nc1N(CC)CC. The first-order valence-electron chi connectivity index (χ1n) is 8.28. The van der Waals surface area contributed by atoms with Crippen molar-refractivity contribution in [1.82, 2.24) is 9.97 Å². The summed E-state index contributed by atoms with van der Waals surface area (Å²) < 4.78 is 10.4. The van der Waals surface area contributed by atoms with Crippen molar-refractivity contribution in [3.8, 4) is 0 Å². The largest absolute Gasteiger partial charge is 0.466 e. The van der Waals surface area contributed by atoms with Crippen molar-refractivity contribution in [1.29, 1.82) is 0 Å². The third-order valence-electron chi connectivity index (χ3n) is 3.83. The summed E-state index contributed by atoms with van der Waals surface area (Å²) in [7, 11) is 0. The molecule has 0 radical (unpaired) electrons. The standard InChI is InChI=1S/C16H26N4O3/c1-4-19(5-2)15-13(11-14(21)23-6-3)12-17-16(18-15)20-7-9-22-10-8-20/h12H,4-11H2,1-3H3. The number of morpholine rings is 1. The first-order valence-corrected chi connectivity index (χ1v) is 8.28. The van der Waals surface area contributed by atoms with Crippen LogP contribution in [0.25, 0.3) is 0 Å². The summed E-state index contributed by atoms with van der Waals surface area (Å²) >= 11 is 0. The molecule has 1 aromatic rings. The van der Waals surface area contributed by atoms with Gasteiger partial charge in [0.05, 0.1) is 26.2 Å². The second-order valence-electron chi connectivity index (χ2n) is 5.27. The van der Waals surface area contributed by atoms with E-state index in [0.717, 1.165) is 37.6 Å². The van der Waals surface area contributed by atoms with Crippen LogP contribution < -0.4 is 9.80 Å². The van der Waals surface area contributed by atoms with E-state index < -0.39 is 0 Å². The van der Waals surface area contributed by atoms with E-state index in [1.54, 1.807) is 13.1 Å². The zero-order chi connectivity index (χ0) is 16.7. The van der Waals surface area contributed by atoms with Gasteiger partial charge in [0.1, 0.15) is 5.82 Å². The molecule has 1 aliphatic heterocycles. The highest BCUT2D eigenvalue weighted by atomic mass is 16.5. The van der Waals surface area contributed by atoms with Crippen molar-refractivity contribution in [3.63, 3.8) is 0 Å². The predicted octanol–water partition coefficient (Wildman–Crippen LogP) is 1.26. The number of aromatic nitrogens is 2. The lowest BCUT2D eigenvalue weighted by atomic mass is 10.2. The molecule has 0 amide bonds. The summed E-state index contributed by atoms with van der Waals surface area (Å²) in [6.45, 7) is 10.9. The second kappa shape index (κ2) is 8.67. The molecule has 2 rings (SSSR count). The van der Waals surface area contributed by atoms with E-state index in [9.17, 15) is 4.79 Å². The Bertz CT molecular complexity index is 514. The Balaban J connectivity index is 2.27. The summed E-state index contributed by atoms with van der Waals surface area (Å²) in [4.78, 5) is 25.3. The first-order chi connectivity index (χ1) is 11.2. The maximum absolute atomic E-state index is 11.8. The van der Waals surface area contributed by atoms with Gasteiger partial charge in [-0.25, -0.2) is 4.98 Å². The molecule has 1 saturated heterocycles. The summed E-state index contributed by atoms with van der Waals surface area (Å²) in [6.07, 6.45) is 1.95. The van der Waals surface area contributed by atoms with Crippen LogP contribution in [-0.2, 0) is 20.7 Å². The molecular formula is C16H26N4O3. The number of ether oxygens (including phenoxy) is 2. The maximum Gasteiger partial charge on any atom is 0.310 e. The zero-order valence-corrected chi connectivity index (χ0v) is 14.2. The Morgan fingerprint density at radius 2 is 2.00 bits per heavy atom. The molecule has 0 N–H and O–H groups in total. The van der Waals surface area contributed by atoms with Gasteiger partial charge in [0.25, 0.3) is 0 Å². The minimum Gasteiger partial charge on any atom is -0.466 e. The Morgan fingerprint density at radius 1 is 1.30 bits per heavy atom. The summed E-state index contributed by atoms with van der Waals surface area (Å²) in [5.74, 6) is 1.27. The van der Waals surface area contributed by atoms with Crippen molar-refractivity contribution in [2.24, 2.45) is 0 Å². The van der Waals surface area contributed by atoms with Gasteiger partial charge in [0.2, 0.25) is 5.95 Å². The fraction of sp³-hybridized carbons (Fsp3) is 0.688. The van der Waals surface area contributed by atoms with E-state index in [1.165, 1.54) is 0 Å². The molecule has 0 saturated carbocycles. The van der Waals surface area contributed by atoms with Crippen LogP contribution in [0.4, 0.5) is 11.8 Å². The smallest absolute Gasteiger partial charge is 0.310 e. The maximum atomic E-state index is 11.8. The monoisotopic (exact) mass is 322 g/mol. The van der Waals surface area contributed by atoms with Gasteiger partial charge in [-0.2, -0.15) is 4.98 Å². The van der Waals surface area contributed by atoms with Crippen molar-refractivity contribution in [2.45, 2.75) is 27.2 Å². The number of anilines is 2. The molecule has 1 fully saturated rings. The molecule has 7 heteroatoms. The first kappa shape index (κ1) is 17.5. The number of hydrogen-bond donors (Lipinski definition) is 0. The third-order valence-corrected chi connectivity index (χ3v) is 3.83. The van der Waals surface area contributed by atoms with E-state index in [0.29, 0.717) is 25.8 Å². The van der Waals surface area contributed by atoms with Gasteiger partial charge >= 0.3 is 5.97 Å². The van der Waals surface area contributed by atoms with E-state index in [2.05, 4.69) is 28.6 Å². The average molecular weight is 322 g/mol. The van der Waals surface area contributed by atoms with Crippen molar-refractivity contribution >= 4 is 17.7 Å². The number of carbonyl (C=O) groups excluding carboxylic acids is 1. The lowest BCUT2D eigenvalue weighted by Crippen LogP contribution is -2.38. The fourth-order valence-electron chi connectivity index (χ4n) is 2.59. The lowest BCUT2D eigenvalue weighted by Gasteiger charge is -2.29. The van der Waals surface area contributed by atoms with Crippen LogP contribution in [-0.4, -0.2) is 61.9 Å². The highest BCUT2D eigenvalue weighted by Crippen LogP contribution is 2.22. The van der Waals surface area contributed by atoms with Gasteiger partial charge in [0, 0.05) is 37.9 Å². The Labute approximate surface area is 137 Å². The zero-order valence-electron chi connectivity index (χ0n) is 14.2. The van der Waals surface area contributed by atoms with Crippen LogP contribution in [0.3, 0.4) is 0 Å². The lowest BCUT2D eigenvalue weighted by molar-refractivity contribution is -0.142. The Kier molecular flexibility index (Phi) is 6.58. The molecule has 0 aliphatic carbocycles. The highest BCUT2D eigenvalue weighted by molar-refractivity contribution is 5.74. The van der Waals surface area contributed by atoms with Gasteiger partial charge in [-0.3, -0.25) is 4.79 Å². The van der Waals surface area contributed by atoms with Crippen LogP contribution in [0, 0.1) is 0 Å². The molecule has 0 aromatic carbocycles. The Morgan fingerprint density at radius 3 is 2.61 bits per heavy atom. The minimum atomic E-state index is -0.247. The molecular weight excluding hydrogens is 296 g/mol. The van der Waals surface area contributed by atoms with Crippen LogP contribution >= 0.6 is 0 Å². The number of carbonyl (C=O) groups is 1. The van der Waals surface area contributed by atoms with Crippen molar-refractivity contribution in [3.05, 3.63) is 11.8 Å². The molecule has 0 atom stereocenters. The van der Waals surface area contributed by atoms with Crippen LogP contribution in [0.5, 0.6) is 0 Å². The summed E-state index contributed by atoms with van der Waals surface area (Å²) in [6, 6.07) is 0. The van der Waals surface area contributed by atoms with Crippen LogP contribution in [0.15, 0.2) is 6.20 Å². The fourth-order valence-corrected chi connectivity index (χ4v) is 2.59. The molecule has 23 heavy (non-hydrogen) atoms. The van der Waals surface area contributed by atoms with E-state index in [4.69, 9.17) is 14.5 Å². The van der Waals surface area contributed by atoms with Gasteiger partial charge in [-0.1, -0.05) is 0 Å². The normalized spacial score (nSPS) is 14.7. The number of hydrogen-bond acceptors (Lipinski definition) is 7. The number of rotatable bonds is 7. The molecule has 0 spiro atoms. The van der Waals surface area contributed by atoms with Gasteiger partial charge in [0.15, 0.2) is 0 Å². The summed E-state index contributed by atoms with van der Waals surface area (Å²) in [5, 5.41) is 0. The van der Waals surface area contributed by atoms with E-state index in [-0.39, 0.29) is 12.4 Å². The molecule has 1 aromatic heterocycles. The topological polar surface area (TPSA) is 67.8 Å². The number of esters is 1. The molecule has 128 valence electrons. The second-order valence-corrected chi connectivity index (χ2v) is 5.27. The van der Waals surface area contributed by atoms with Crippen molar-refractivity contribution < 1.29 is 14.3 Å². The average Bonchev–Trinajstić information content (AvgIpc) is 2.58. The highest BCUT2D eigenvalue weighted by Gasteiger charge is 2.19. The van der Waals surface area contributed by atoms with Crippen molar-refractivity contribution in [2.75, 3.05) is 55.8 Å². The predicted molar refractivity (Wildman–Crippen MR) is 89.0 cm³/mol. The van der Waals surface area contributed by atoms with Crippen LogP contribution in [0.2, 0.25) is 0 Å². The van der Waals surface area contributed by atoms with E-state index in [1.807, 2.05) is 0 Å². The van der Waals surface area contributed by atoms with Crippen LogP contribution in [0.1, 0.15) is 26.3 Å². The minimum absolute atomic E-state index is 0.197. The molecule has 1 aliphatic rings.